The van der Waals surface area contributed by atoms with Crippen molar-refractivity contribution >= 4 is 9.84 Å². The summed E-state index contributed by atoms with van der Waals surface area (Å²) in [7, 11) is -2.78. The van der Waals surface area contributed by atoms with Gasteiger partial charge in [0, 0.05) is 6.04 Å². The van der Waals surface area contributed by atoms with E-state index in [1.807, 2.05) is 0 Å². The third-order valence-corrected chi connectivity index (χ3v) is 6.86. The van der Waals surface area contributed by atoms with Gasteiger partial charge >= 0.3 is 0 Å². The fraction of sp³-hybridized carbons (Fsp3) is 1.00. The minimum absolute atomic E-state index is 0.339. The summed E-state index contributed by atoms with van der Waals surface area (Å²) in [5.74, 6) is 1.58. The molecule has 5 heteroatoms. The minimum atomic E-state index is -2.78. The lowest BCUT2D eigenvalue weighted by molar-refractivity contribution is 0.0354. The van der Waals surface area contributed by atoms with Crippen molar-refractivity contribution < 1.29 is 13.2 Å². The highest BCUT2D eigenvalue weighted by Gasteiger charge is 2.36. The molecule has 20 heavy (non-hydrogen) atoms. The van der Waals surface area contributed by atoms with Gasteiger partial charge in [0.15, 0.2) is 9.84 Å². The molecule has 0 bridgehead atoms. The smallest absolute Gasteiger partial charge is 0.150 e. The van der Waals surface area contributed by atoms with Crippen LogP contribution >= 0.6 is 0 Å². The van der Waals surface area contributed by atoms with Gasteiger partial charge in [0.1, 0.15) is 0 Å². The number of sulfone groups is 1. The van der Waals surface area contributed by atoms with Crippen LogP contribution in [-0.4, -0.2) is 44.7 Å². The van der Waals surface area contributed by atoms with Gasteiger partial charge in [-0.1, -0.05) is 0 Å². The molecule has 3 aliphatic rings. The molecular formula is C15H27NO3S. The molecule has 1 N–H and O–H groups in total. The first-order valence-electron chi connectivity index (χ1n) is 8.11. The largest absolute Gasteiger partial charge is 0.375 e. The molecule has 2 saturated heterocycles. The predicted octanol–water partition coefficient (Wildman–Crippen LogP) is 1.75. The molecule has 4 atom stereocenters. The highest BCUT2D eigenvalue weighted by molar-refractivity contribution is 7.91. The van der Waals surface area contributed by atoms with E-state index in [9.17, 15) is 8.42 Å². The van der Waals surface area contributed by atoms with E-state index in [-0.39, 0.29) is 0 Å². The zero-order chi connectivity index (χ0) is 14.2. The van der Waals surface area contributed by atoms with Gasteiger partial charge in [-0.2, -0.15) is 0 Å². The van der Waals surface area contributed by atoms with Crippen LogP contribution in [0.15, 0.2) is 0 Å². The van der Waals surface area contributed by atoms with Crippen LogP contribution in [0.2, 0.25) is 0 Å². The zero-order valence-corrected chi connectivity index (χ0v) is 13.2. The van der Waals surface area contributed by atoms with E-state index in [2.05, 4.69) is 12.2 Å². The fourth-order valence-electron chi connectivity index (χ4n) is 3.64. The molecule has 0 aromatic heterocycles. The molecule has 0 aromatic rings. The van der Waals surface area contributed by atoms with Gasteiger partial charge in [0.25, 0.3) is 0 Å². The predicted molar refractivity (Wildman–Crippen MR) is 79.5 cm³/mol. The second-order valence-electron chi connectivity index (χ2n) is 6.99. The molecule has 0 amide bonds. The van der Waals surface area contributed by atoms with Crippen molar-refractivity contribution in [3.05, 3.63) is 0 Å². The molecule has 0 radical (unpaired) electrons. The van der Waals surface area contributed by atoms with Crippen molar-refractivity contribution in [2.75, 3.05) is 18.1 Å². The molecule has 116 valence electrons. The van der Waals surface area contributed by atoms with Crippen molar-refractivity contribution in [3.63, 3.8) is 0 Å². The van der Waals surface area contributed by atoms with Crippen LogP contribution in [0, 0.1) is 11.8 Å². The summed E-state index contributed by atoms with van der Waals surface area (Å²) in [6.07, 6.45) is 7.46. The first-order chi connectivity index (χ1) is 9.52. The molecule has 4 nitrogen and oxygen atoms in total. The molecule has 3 fully saturated rings. The van der Waals surface area contributed by atoms with Crippen LogP contribution in [0.3, 0.4) is 0 Å². The van der Waals surface area contributed by atoms with E-state index in [4.69, 9.17) is 4.74 Å². The summed E-state index contributed by atoms with van der Waals surface area (Å²) in [6.45, 7) is 3.11. The maximum atomic E-state index is 11.7. The second kappa shape index (κ2) is 5.93. The zero-order valence-electron chi connectivity index (χ0n) is 12.4. The summed E-state index contributed by atoms with van der Waals surface area (Å²) in [5.41, 5.74) is 0. The Morgan fingerprint density at radius 2 is 2.00 bits per heavy atom. The van der Waals surface area contributed by atoms with Crippen molar-refractivity contribution in [1.82, 2.24) is 5.32 Å². The number of nitrogens with one attached hydrogen (secondary N) is 1. The van der Waals surface area contributed by atoms with E-state index in [0.717, 1.165) is 32.2 Å². The Morgan fingerprint density at radius 3 is 2.55 bits per heavy atom. The normalized spacial score (nSPS) is 38.1. The standard InChI is InChI=1S/C15H27NO3S/c1-11-2-5-15(19-11)8-13(9-16-14-3-4-14)12-6-7-20(17,18)10-12/h11-16H,2-10H2,1H3. The Morgan fingerprint density at radius 1 is 1.20 bits per heavy atom. The number of ether oxygens (including phenoxy) is 1. The maximum absolute atomic E-state index is 11.7. The molecule has 2 aliphatic heterocycles. The molecule has 3 rings (SSSR count). The van der Waals surface area contributed by atoms with Crippen LogP contribution in [0.4, 0.5) is 0 Å². The topological polar surface area (TPSA) is 55.4 Å². The first kappa shape index (κ1) is 14.8. The molecule has 0 spiro atoms. The van der Waals surface area contributed by atoms with Crippen LogP contribution < -0.4 is 5.32 Å². The average molecular weight is 301 g/mol. The summed E-state index contributed by atoms with van der Waals surface area (Å²) < 4.78 is 29.4. The van der Waals surface area contributed by atoms with Crippen LogP contribution in [0.1, 0.15) is 45.4 Å². The van der Waals surface area contributed by atoms with Crippen LogP contribution in [0.25, 0.3) is 0 Å². The van der Waals surface area contributed by atoms with E-state index >= 15 is 0 Å². The lowest BCUT2D eigenvalue weighted by Crippen LogP contribution is -2.33. The second-order valence-corrected chi connectivity index (χ2v) is 9.22. The van der Waals surface area contributed by atoms with Crippen LogP contribution in [0.5, 0.6) is 0 Å². The molecule has 2 heterocycles. The fourth-order valence-corrected chi connectivity index (χ4v) is 5.56. The lowest BCUT2D eigenvalue weighted by atomic mass is 9.86. The summed E-state index contributed by atoms with van der Waals surface area (Å²) in [6, 6.07) is 0.693. The van der Waals surface area contributed by atoms with Crippen LogP contribution in [-0.2, 0) is 14.6 Å². The van der Waals surface area contributed by atoms with Gasteiger partial charge in [0.2, 0.25) is 0 Å². The molecule has 4 unspecified atom stereocenters. The average Bonchev–Trinajstić information content (AvgIpc) is 3.02. The number of hydrogen-bond donors (Lipinski definition) is 1. The highest BCUT2D eigenvalue weighted by atomic mass is 32.2. The van der Waals surface area contributed by atoms with Crippen molar-refractivity contribution in [2.45, 2.75) is 63.7 Å². The van der Waals surface area contributed by atoms with E-state index in [0.29, 0.717) is 41.6 Å². The molecule has 1 saturated carbocycles. The maximum Gasteiger partial charge on any atom is 0.150 e. The molecule has 0 aromatic carbocycles. The summed E-state index contributed by atoms with van der Waals surface area (Å²) in [5, 5.41) is 3.60. The third-order valence-electron chi connectivity index (χ3n) is 5.07. The van der Waals surface area contributed by atoms with E-state index in [1.165, 1.54) is 12.8 Å². The Hall–Kier alpha value is -0.130. The van der Waals surface area contributed by atoms with Gasteiger partial charge in [-0.15, -0.1) is 0 Å². The summed E-state index contributed by atoms with van der Waals surface area (Å²) >= 11 is 0. The van der Waals surface area contributed by atoms with Crippen molar-refractivity contribution in [2.24, 2.45) is 11.8 Å². The lowest BCUT2D eigenvalue weighted by Gasteiger charge is -2.26. The van der Waals surface area contributed by atoms with Gasteiger partial charge in [-0.3, -0.25) is 0 Å². The van der Waals surface area contributed by atoms with Crippen molar-refractivity contribution in [1.29, 1.82) is 0 Å². The number of hydrogen-bond acceptors (Lipinski definition) is 4. The van der Waals surface area contributed by atoms with Gasteiger partial charge < -0.3 is 10.1 Å². The van der Waals surface area contributed by atoms with Gasteiger partial charge in [0.05, 0.1) is 23.7 Å². The Balaban J connectivity index is 1.57. The van der Waals surface area contributed by atoms with E-state index < -0.39 is 9.84 Å². The third kappa shape index (κ3) is 3.95. The highest BCUT2D eigenvalue weighted by Crippen LogP contribution is 2.33. The SMILES string of the molecule is CC1CCC(CC(CNC2CC2)C2CCS(=O)(=O)C2)O1. The summed E-state index contributed by atoms with van der Waals surface area (Å²) in [4.78, 5) is 0. The quantitative estimate of drug-likeness (QED) is 0.812. The van der Waals surface area contributed by atoms with Gasteiger partial charge in [-0.25, -0.2) is 8.42 Å². The Kier molecular flexibility index (Phi) is 4.39. The van der Waals surface area contributed by atoms with E-state index in [1.54, 1.807) is 0 Å². The molecular weight excluding hydrogens is 274 g/mol. The monoisotopic (exact) mass is 301 g/mol. The Labute approximate surface area is 122 Å². The Bertz CT molecular complexity index is 432. The van der Waals surface area contributed by atoms with Gasteiger partial charge in [-0.05, 0) is 63.8 Å². The molecule has 1 aliphatic carbocycles. The minimum Gasteiger partial charge on any atom is -0.375 e. The van der Waals surface area contributed by atoms with Crippen molar-refractivity contribution in [3.8, 4) is 0 Å². The first-order valence-corrected chi connectivity index (χ1v) is 9.93. The number of rotatable bonds is 6.